The average molecular weight is 383 g/mol. The molecule has 0 spiro atoms. The Morgan fingerprint density at radius 3 is 2.63 bits per heavy atom. The molecule has 3 rings (SSSR count). The Balaban J connectivity index is 1.61. The van der Waals surface area contributed by atoms with Crippen LogP contribution in [0.25, 0.3) is 11.5 Å². The number of aryl methyl sites for hydroxylation is 1. The highest BCUT2D eigenvalue weighted by atomic mass is 32.2. The maximum Gasteiger partial charge on any atom is 0.277 e. The van der Waals surface area contributed by atoms with Gasteiger partial charge in [-0.2, -0.15) is 0 Å². The summed E-state index contributed by atoms with van der Waals surface area (Å²) in [5.41, 5.74) is 2.66. The summed E-state index contributed by atoms with van der Waals surface area (Å²) in [5, 5.41) is 11.0. The lowest BCUT2D eigenvalue weighted by atomic mass is 10.1. The molecule has 1 heterocycles. The Labute approximate surface area is 162 Å². The Hall–Kier alpha value is -2.80. The first-order valence-corrected chi connectivity index (χ1v) is 9.54. The van der Waals surface area contributed by atoms with Gasteiger partial charge in [-0.3, -0.25) is 4.79 Å². The van der Waals surface area contributed by atoms with Gasteiger partial charge >= 0.3 is 0 Å². The number of carbonyl (C=O) groups is 1. The van der Waals surface area contributed by atoms with E-state index in [4.69, 9.17) is 9.15 Å². The van der Waals surface area contributed by atoms with Crippen LogP contribution in [0.3, 0.4) is 0 Å². The number of anilines is 1. The third-order valence-corrected chi connectivity index (χ3v) is 4.80. The van der Waals surface area contributed by atoms with Gasteiger partial charge in [-0.25, -0.2) is 0 Å². The molecule has 7 heteroatoms. The van der Waals surface area contributed by atoms with Crippen molar-refractivity contribution in [2.75, 3.05) is 11.9 Å². The minimum absolute atomic E-state index is 0.139. The highest BCUT2D eigenvalue weighted by Gasteiger charge is 2.19. The standard InChI is InChI=1S/C20H21N3O3S/c1-4-25-16-11-9-15(10-12-16)21-18(24)14(3)27-20-23-22-19(26-20)17-8-6-5-7-13(17)2/h5-12,14H,4H2,1-3H3,(H,21,24)/t14-/m0/s1. The molecule has 1 aromatic heterocycles. The zero-order chi connectivity index (χ0) is 19.2. The monoisotopic (exact) mass is 383 g/mol. The molecule has 27 heavy (non-hydrogen) atoms. The fourth-order valence-electron chi connectivity index (χ4n) is 2.43. The summed E-state index contributed by atoms with van der Waals surface area (Å²) in [4.78, 5) is 12.4. The van der Waals surface area contributed by atoms with E-state index >= 15 is 0 Å². The lowest BCUT2D eigenvalue weighted by molar-refractivity contribution is -0.115. The molecule has 0 radical (unpaired) electrons. The summed E-state index contributed by atoms with van der Waals surface area (Å²) in [6.07, 6.45) is 0. The second-order valence-electron chi connectivity index (χ2n) is 5.89. The number of thioether (sulfide) groups is 1. The molecular weight excluding hydrogens is 362 g/mol. The van der Waals surface area contributed by atoms with E-state index in [9.17, 15) is 4.79 Å². The number of aromatic nitrogens is 2. The van der Waals surface area contributed by atoms with Crippen LogP contribution >= 0.6 is 11.8 Å². The van der Waals surface area contributed by atoms with E-state index in [0.717, 1.165) is 16.9 Å². The van der Waals surface area contributed by atoms with Crippen molar-refractivity contribution in [3.8, 4) is 17.2 Å². The molecule has 6 nitrogen and oxygen atoms in total. The van der Waals surface area contributed by atoms with E-state index in [1.54, 1.807) is 6.92 Å². The maximum absolute atomic E-state index is 12.4. The van der Waals surface area contributed by atoms with Crippen LogP contribution < -0.4 is 10.1 Å². The molecule has 1 atom stereocenters. The minimum atomic E-state index is -0.387. The molecular formula is C20H21N3O3S. The van der Waals surface area contributed by atoms with Gasteiger partial charge in [-0.05, 0) is 56.7 Å². The number of ether oxygens (including phenoxy) is 1. The van der Waals surface area contributed by atoms with Crippen molar-refractivity contribution in [2.45, 2.75) is 31.2 Å². The summed E-state index contributed by atoms with van der Waals surface area (Å²) < 4.78 is 11.1. The number of hydrogen-bond acceptors (Lipinski definition) is 6. The number of amides is 1. The van der Waals surface area contributed by atoms with Gasteiger partial charge in [0.2, 0.25) is 11.8 Å². The Bertz CT molecular complexity index is 909. The van der Waals surface area contributed by atoms with Crippen molar-refractivity contribution in [1.82, 2.24) is 10.2 Å². The number of rotatable bonds is 7. The van der Waals surface area contributed by atoms with Gasteiger partial charge in [-0.15, -0.1) is 10.2 Å². The lowest BCUT2D eigenvalue weighted by Crippen LogP contribution is -2.22. The number of hydrogen-bond donors (Lipinski definition) is 1. The van der Waals surface area contributed by atoms with Crippen LogP contribution in [-0.4, -0.2) is 28.0 Å². The molecule has 3 aromatic rings. The van der Waals surface area contributed by atoms with Gasteiger partial charge in [0.05, 0.1) is 11.9 Å². The zero-order valence-electron chi connectivity index (χ0n) is 15.4. The minimum Gasteiger partial charge on any atom is -0.494 e. The van der Waals surface area contributed by atoms with Crippen LogP contribution in [0, 0.1) is 6.92 Å². The van der Waals surface area contributed by atoms with Gasteiger partial charge in [0.1, 0.15) is 5.75 Å². The third-order valence-electron chi connectivity index (χ3n) is 3.86. The Morgan fingerprint density at radius 1 is 1.19 bits per heavy atom. The van der Waals surface area contributed by atoms with E-state index < -0.39 is 0 Å². The zero-order valence-corrected chi connectivity index (χ0v) is 16.2. The van der Waals surface area contributed by atoms with Crippen molar-refractivity contribution >= 4 is 23.4 Å². The Morgan fingerprint density at radius 2 is 1.93 bits per heavy atom. The molecule has 0 bridgehead atoms. The molecule has 0 saturated carbocycles. The summed E-state index contributed by atoms with van der Waals surface area (Å²) in [6, 6.07) is 15.1. The molecule has 0 fully saturated rings. The molecule has 1 N–H and O–H groups in total. The topological polar surface area (TPSA) is 77.2 Å². The molecule has 140 valence electrons. The summed E-state index contributed by atoms with van der Waals surface area (Å²) in [5.74, 6) is 1.09. The van der Waals surface area contributed by atoms with Gasteiger partial charge in [0.25, 0.3) is 5.22 Å². The van der Waals surface area contributed by atoms with Crippen molar-refractivity contribution < 1.29 is 13.9 Å². The fraction of sp³-hybridized carbons (Fsp3) is 0.250. The van der Waals surface area contributed by atoms with E-state index in [0.29, 0.717) is 23.4 Å². The van der Waals surface area contributed by atoms with E-state index in [-0.39, 0.29) is 11.2 Å². The molecule has 0 aliphatic carbocycles. The van der Waals surface area contributed by atoms with E-state index in [2.05, 4.69) is 15.5 Å². The molecule has 0 aliphatic heterocycles. The second kappa shape index (κ2) is 8.73. The summed E-state index contributed by atoms with van der Waals surface area (Å²) >= 11 is 1.23. The fourth-order valence-corrected chi connectivity index (χ4v) is 3.11. The highest BCUT2D eigenvalue weighted by molar-refractivity contribution is 8.00. The van der Waals surface area contributed by atoms with Crippen molar-refractivity contribution in [3.05, 3.63) is 54.1 Å². The molecule has 0 unspecified atom stereocenters. The van der Waals surface area contributed by atoms with E-state index in [1.807, 2.05) is 62.4 Å². The van der Waals surface area contributed by atoms with Gasteiger partial charge in [0.15, 0.2) is 0 Å². The van der Waals surface area contributed by atoms with Crippen molar-refractivity contribution in [3.63, 3.8) is 0 Å². The van der Waals surface area contributed by atoms with Crippen LogP contribution in [-0.2, 0) is 4.79 Å². The predicted molar refractivity (Wildman–Crippen MR) is 106 cm³/mol. The van der Waals surface area contributed by atoms with Gasteiger partial charge in [0, 0.05) is 11.3 Å². The van der Waals surface area contributed by atoms with Crippen LogP contribution in [0.5, 0.6) is 5.75 Å². The van der Waals surface area contributed by atoms with Crippen molar-refractivity contribution in [2.24, 2.45) is 0 Å². The second-order valence-corrected chi connectivity index (χ2v) is 7.19. The quantitative estimate of drug-likeness (QED) is 0.603. The molecule has 1 amide bonds. The normalized spacial score (nSPS) is 11.8. The van der Waals surface area contributed by atoms with Crippen LogP contribution in [0.4, 0.5) is 5.69 Å². The van der Waals surface area contributed by atoms with Gasteiger partial charge < -0.3 is 14.5 Å². The first-order chi connectivity index (χ1) is 13.1. The Kier molecular flexibility index (Phi) is 6.13. The first kappa shape index (κ1) is 19.0. The first-order valence-electron chi connectivity index (χ1n) is 8.66. The van der Waals surface area contributed by atoms with Crippen molar-refractivity contribution in [1.29, 1.82) is 0 Å². The molecule has 0 saturated heterocycles. The smallest absolute Gasteiger partial charge is 0.277 e. The molecule has 0 aliphatic rings. The SMILES string of the molecule is CCOc1ccc(NC(=O)[C@H](C)Sc2nnc(-c3ccccc3C)o2)cc1. The average Bonchev–Trinajstić information content (AvgIpc) is 3.12. The highest BCUT2D eigenvalue weighted by Crippen LogP contribution is 2.28. The number of benzene rings is 2. The lowest BCUT2D eigenvalue weighted by Gasteiger charge is -2.10. The molecule has 2 aromatic carbocycles. The van der Waals surface area contributed by atoms with Gasteiger partial charge in [-0.1, -0.05) is 30.0 Å². The number of nitrogens with zero attached hydrogens (tertiary/aromatic N) is 2. The predicted octanol–water partition coefficient (Wildman–Crippen LogP) is 4.56. The summed E-state index contributed by atoms with van der Waals surface area (Å²) in [6.45, 7) is 6.32. The van der Waals surface area contributed by atoms with E-state index in [1.165, 1.54) is 11.8 Å². The van der Waals surface area contributed by atoms with Crippen LogP contribution in [0.2, 0.25) is 0 Å². The number of carbonyl (C=O) groups excluding carboxylic acids is 1. The number of nitrogens with one attached hydrogen (secondary N) is 1. The summed E-state index contributed by atoms with van der Waals surface area (Å²) in [7, 11) is 0. The largest absolute Gasteiger partial charge is 0.494 e. The maximum atomic E-state index is 12.4. The van der Waals surface area contributed by atoms with Crippen LogP contribution in [0.1, 0.15) is 19.4 Å². The van der Waals surface area contributed by atoms with Crippen LogP contribution in [0.15, 0.2) is 58.2 Å². The third kappa shape index (κ3) is 4.89.